The summed E-state index contributed by atoms with van der Waals surface area (Å²) in [5.74, 6) is -0.756. The molecule has 0 aliphatic rings. The molecule has 2 heterocycles. The average molecular weight is 259 g/mol. The molecule has 0 bridgehead atoms. The molecule has 0 unspecified atom stereocenters. The molecule has 2 aromatic rings. The van der Waals surface area contributed by atoms with Crippen LogP contribution in [-0.2, 0) is 17.9 Å². The van der Waals surface area contributed by atoms with Crippen LogP contribution in [0.3, 0.4) is 0 Å². The molecule has 0 spiro atoms. The Morgan fingerprint density at radius 2 is 1.47 bits per heavy atom. The minimum atomic E-state index is -0.756. The number of nitriles is 1. The summed E-state index contributed by atoms with van der Waals surface area (Å²) in [5.41, 5.74) is 0. The highest BCUT2D eigenvalue weighted by atomic mass is 16.4. The second-order valence-electron chi connectivity index (χ2n) is 3.89. The van der Waals surface area contributed by atoms with E-state index in [1.165, 1.54) is 0 Å². The van der Waals surface area contributed by atoms with Crippen molar-refractivity contribution in [3.63, 3.8) is 0 Å². The minimum Gasteiger partial charge on any atom is -0.481 e. The number of aryl methyl sites for hydroxylation is 2. The molecule has 0 atom stereocenters. The minimum absolute atomic E-state index is 0.189. The maximum atomic E-state index is 10.1. The van der Waals surface area contributed by atoms with Crippen molar-refractivity contribution in [2.24, 2.45) is 0 Å². The maximum Gasteiger partial charge on any atom is 0.305 e. The zero-order valence-electron chi connectivity index (χ0n) is 10.6. The van der Waals surface area contributed by atoms with E-state index in [-0.39, 0.29) is 6.42 Å². The van der Waals surface area contributed by atoms with E-state index < -0.39 is 5.97 Å². The van der Waals surface area contributed by atoms with Gasteiger partial charge in [0.2, 0.25) is 0 Å². The van der Waals surface area contributed by atoms with Crippen LogP contribution in [0, 0.1) is 11.3 Å². The highest BCUT2D eigenvalue weighted by Gasteiger charge is 1.95. The zero-order valence-corrected chi connectivity index (χ0v) is 10.6. The normalized spacial score (nSPS) is 9.21. The monoisotopic (exact) mass is 259 g/mol. The standard InChI is InChI=1S/C7H8N2.C7H9NO2/c8-4-3-7-9-5-1-2-6-9;9-7(10)3-6-8-4-1-2-5-8/h1-2,5-6H,3,7H2;1-2,4-5H,3,6H2,(H,9,10). The Kier molecular flexibility index (Phi) is 6.59. The van der Waals surface area contributed by atoms with Gasteiger partial charge in [-0.15, -0.1) is 0 Å². The van der Waals surface area contributed by atoms with Crippen LogP contribution in [0.2, 0.25) is 0 Å². The van der Waals surface area contributed by atoms with Gasteiger partial charge in [-0.25, -0.2) is 0 Å². The van der Waals surface area contributed by atoms with Crippen molar-refractivity contribution in [3.8, 4) is 6.07 Å². The molecule has 2 rings (SSSR count). The molecular formula is C14H17N3O2. The number of hydrogen-bond acceptors (Lipinski definition) is 2. The second-order valence-corrected chi connectivity index (χ2v) is 3.89. The molecule has 2 aromatic heterocycles. The van der Waals surface area contributed by atoms with E-state index in [0.717, 1.165) is 6.54 Å². The first-order valence-electron chi connectivity index (χ1n) is 6.02. The number of carboxylic acids is 1. The largest absolute Gasteiger partial charge is 0.481 e. The molecule has 0 saturated carbocycles. The van der Waals surface area contributed by atoms with Gasteiger partial charge in [0, 0.05) is 37.9 Å². The fraction of sp³-hybridized carbons (Fsp3) is 0.286. The molecule has 0 saturated heterocycles. The van der Waals surface area contributed by atoms with E-state index in [4.69, 9.17) is 10.4 Å². The molecule has 1 N–H and O–H groups in total. The number of hydrogen-bond donors (Lipinski definition) is 1. The van der Waals surface area contributed by atoms with Gasteiger partial charge in [-0.2, -0.15) is 5.26 Å². The third kappa shape index (κ3) is 6.74. The zero-order chi connectivity index (χ0) is 13.9. The predicted molar refractivity (Wildman–Crippen MR) is 71.3 cm³/mol. The van der Waals surface area contributed by atoms with Crippen molar-refractivity contribution in [1.29, 1.82) is 5.26 Å². The summed E-state index contributed by atoms with van der Waals surface area (Å²) in [6, 6.07) is 9.75. The van der Waals surface area contributed by atoms with Crippen molar-refractivity contribution in [1.82, 2.24) is 9.13 Å². The number of carboxylic acid groups (broad SMARTS) is 1. The molecular weight excluding hydrogens is 242 g/mol. The van der Waals surface area contributed by atoms with Crippen LogP contribution in [0.15, 0.2) is 49.1 Å². The van der Waals surface area contributed by atoms with Gasteiger partial charge in [0.15, 0.2) is 0 Å². The van der Waals surface area contributed by atoms with Crippen molar-refractivity contribution in [2.75, 3.05) is 0 Å². The lowest BCUT2D eigenvalue weighted by molar-refractivity contribution is -0.137. The van der Waals surface area contributed by atoms with Crippen molar-refractivity contribution in [3.05, 3.63) is 49.1 Å². The summed E-state index contributed by atoms with van der Waals surface area (Å²) in [6.07, 6.45) is 8.39. The van der Waals surface area contributed by atoms with Gasteiger partial charge in [-0.3, -0.25) is 4.79 Å². The highest BCUT2D eigenvalue weighted by molar-refractivity contribution is 5.66. The molecule has 5 heteroatoms. The van der Waals surface area contributed by atoms with Crippen LogP contribution in [0.5, 0.6) is 0 Å². The predicted octanol–water partition coefficient (Wildman–Crippen LogP) is 2.36. The van der Waals surface area contributed by atoms with Crippen molar-refractivity contribution in [2.45, 2.75) is 25.9 Å². The average Bonchev–Trinajstić information content (AvgIpc) is 3.08. The first-order chi connectivity index (χ1) is 9.22. The van der Waals surface area contributed by atoms with E-state index in [1.54, 1.807) is 0 Å². The topological polar surface area (TPSA) is 70.9 Å². The van der Waals surface area contributed by atoms with E-state index in [2.05, 4.69) is 6.07 Å². The Balaban J connectivity index is 0.000000191. The number of aromatic nitrogens is 2. The summed E-state index contributed by atoms with van der Waals surface area (Å²) in [6.45, 7) is 1.37. The molecule has 0 amide bonds. The van der Waals surface area contributed by atoms with E-state index in [0.29, 0.717) is 13.0 Å². The van der Waals surface area contributed by atoms with Crippen molar-refractivity contribution >= 4 is 5.97 Å². The number of aliphatic carboxylic acids is 1. The first kappa shape index (κ1) is 14.6. The quantitative estimate of drug-likeness (QED) is 0.896. The van der Waals surface area contributed by atoms with E-state index >= 15 is 0 Å². The number of rotatable bonds is 5. The number of nitrogens with zero attached hydrogens (tertiary/aromatic N) is 3. The van der Waals surface area contributed by atoms with Gasteiger partial charge in [0.25, 0.3) is 0 Å². The van der Waals surface area contributed by atoms with Gasteiger partial charge in [0.05, 0.1) is 18.9 Å². The highest BCUT2D eigenvalue weighted by Crippen LogP contribution is 1.92. The van der Waals surface area contributed by atoms with Gasteiger partial charge in [-0.05, 0) is 24.3 Å². The van der Waals surface area contributed by atoms with Gasteiger partial charge in [-0.1, -0.05) is 0 Å². The molecule has 0 aromatic carbocycles. The van der Waals surface area contributed by atoms with Gasteiger partial charge in [0.1, 0.15) is 0 Å². The smallest absolute Gasteiger partial charge is 0.305 e. The SMILES string of the molecule is N#CCCn1cccc1.O=C(O)CCn1cccc1. The maximum absolute atomic E-state index is 10.1. The Labute approximate surface area is 112 Å². The molecule has 0 radical (unpaired) electrons. The Morgan fingerprint density at radius 3 is 1.89 bits per heavy atom. The molecule has 100 valence electrons. The summed E-state index contributed by atoms with van der Waals surface area (Å²) in [7, 11) is 0. The lowest BCUT2D eigenvalue weighted by Gasteiger charge is -1.96. The van der Waals surface area contributed by atoms with Crippen LogP contribution in [-0.4, -0.2) is 20.2 Å². The first-order valence-corrected chi connectivity index (χ1v) is 6.02. The summed E-state index contributed by atoms with van der Waals surface area (Å²) >= 11 is 0. The Morgan fingerprint density at radius 1 is 1.00 bits per heavy atom. The summed E-state index contributed by atoms with van der Waals surface area (Å²) < 4.78 is 3.83. The van der Waals surface area contributed by atoms with Crippen molar-refractivity contribution < 1.29 is 9.90 Å². The van der Waals surface area contributed by atoms with E-state index in [1.807, 2.05) is 58.2 Å². The summed E-state index contributed by atoms with van der Waals surface area (Å²) in [4.78, 5) is 10.1. The van der Waals surface area contributed by atoms with Crippen LogP contribution < -0.4 is 0 Å². The second kappa shape index (κ2) is 8.59. The third-order valence-electron chi connectivity index (χ3n) is 2.40. The fourth-order valence-corrected chi connectivity index (χ4v) is 1.44. The lowest BCUT2D eigenvalue weighted by Crippen LogP contribution is -2.01. The number of carbonyl (C=O) groups is 1. The molecule has 0 aliphatic heterocycles. The molecule has 5 nitrogen and oxygen atoms in total. The van der Waals surface area contributed by atoms with Crippen LogP contribution in [0.25, 0.3) is 0 Å². The summed E-state index contributed by atoms with van der Waals surface area (Å²) in [5, 5.41) is 16.5. The van der Waals surface area contributed by atoms with Gasteiger partial charge < -0.3 is 14.2 Å². The van der Waals surface area contributed by atoms with Crippen LogP contribution >= 0.6 is 0 Å². The van der Waals surface area contributed by atoms with E-state index in [9.17, 15) is 4.79 Å². The molecule has 0 fully saturated rings. The fourth-order valence-electron chi connectivity index (χ4n) is 1.44. The van der Waals surface area contributed by atoms with Crippen LogP contribution in [0.4, 0.5) is 0 Å². The Hall–Kier alpha value is -2.48. The molecule has 19 heavy (non-hydrogen) atoms. The molecule has 0 aliphatic carbocycles. The van der Waals surface area contributed by atoms with Crippen LogP contribution in [0.1, 0.15) is 12.8 Å². The third-order valence-corrected chi connectivity index (χ3v) is 2.40. The van der Waals surface area contributed by atoms with Gasteiger partial charge >= 0.3 is 5.97 Å². The Bertz CT molecular complexity index is 495. The lowest BCUT2D eigenvalue weighted by atomic mass is 10.4.